The fraction of sp³-hybridized carbons (Fsp3) is 0.300. The normalized spacial score (nSPS) is 12.6. The van der Waals surface area contributed by atoms with Gasteiger partial charge in [-0.15, -0.1) is 0 Å². The lowest BCUT2D eigenvalue weighted by Crippen LogP contribution is -2.03. The number of fused-ring (bicyclic) bond motifs is 1. The lowest BCUT2D eigenvalue weighted by molar-refractivity contribution is -0.115. The number of carbonyl (C=O) groups is 1. The molecule has 3 nitrogen and oxygen atoms in total. The van der Waals surface area contributed by atoms with Gasteiger partial charge in [0.25, 0.3) is 0 Å². The molecular formula is C10H14N2O. The molecule has 0 saturated carbocycles. The van der Waals surface area contributed by atoms with E-state index >= 15 is 0 Å². The average molecular weight is 178 g/mol. The summed E-state index contributed by atoms with van der Waals surface area (Å²) >= 11 is 0. The Morgan fingerprint density at radius 2 is 2.08 bits per heavy atom. The first-order chi connectivity index (χ1) is 6.27. The summed E-state index contributed by atoms with van der Waals surface area (Å²) in [5.41, 5.74) is 6.92. The molecule has 3 heteroatoms. The molecule has 70 valence electrons. The minimum absolute atomic E-state index is 0.0983. The third-order valence-electron chi connectivity index (χ3n) is 1.64. The highest BCUT2D eigenvalue weighted by Crippen LogP contribution is 2.20. The van der Waals surface area contributed by atoms with Crippen molar-refractivity contribution in [2.45, 2.75) is 13.3 Å². The van der Waals surface area contributed by atoms with Crippen molar-refractivity contribution in [3.8, 4) is 0 Å². The zero-order chi connectivity index (χ0) is 9.68. The van der Waals surface area contributed by atoms with Crippen molar-refractivity contribution < 1.29 is 4.79 Å². The van der Waals surface area contributed by atoms with Crippen molar-refractivity contribution in [3.63, 3.8) is 0 Å². The molecule has 1 aromatic rings. The molecule has 1 aliphatic rings. The highest BCUT2D eigenvalue weighted by atomic mass is 16.1. The number of carbonyl (C=O) groups excluding carboxylic acids is 1. The summed E-state index contributed by atoms with van der Waals surface area (Å²) in [6.07, 6.45) is 0.538. The molecule has 1 aromatic carbocycles. The number of hydrogen-bond donors (Lipinski definition) is 2. The molecule has 0 bridgehead atoms. The van der Waals surface area contributed by atoms with E-state index in [9.17, 15) is 4.79 Å². The van der Waals surface area contributed by atoms with E-state index in [1.807, 2.05) is 31.2 Å². The third-order valence-corrected chi connectivity index (χ3v) is 1.64. The monoisotopic (exact) mass is 178 g/mol. The lowest BCUT2D eigenvalue weighted by atomic mass is 10.2. The smallest absolute Gasteiger partial charge is 0.228 e. The fourth-order valence-electron chi connectivity index (χ4n) is 1.16. The first-order valence-electron chi connectivity index (χ1n) is 4.35. The number of amides is 1. The number of nitrogens with one attached hydrogen (secondary N) is 1. The van der Waals surface area contributed by atoms with Gasteiger partial charge in [0, 0.05) is 5.69 Å². The van der Waals surface area contributed by atoms with Gasteiger partial charge < -0.3 is 11.1 Å². The van der Waals surface area contributed by atoms with Gasteiger partial charge in [-0.05, 0) is 18.2 Å². The molecule has 0 fully saturated rings. The molecule has 1 aliphatic heterocycles. The second kappa shape index (κ2) is 4.62. The maximum absolute atomic E-state index is 10.8. The van der Waals surface area contributed by atoms with Crippen molar-refractivity contribution in [2.24, 2.45) is 5.73 Å². The van der Waals surface area contributed by atoms with Crippen molar-refractivity contribution in [3.05, 3.63) is 29.8 Å². The fourth-order valence-corrected chi connectivity index (χ4v) is 1.16. The van der Waals surface area contributed by atoms with Gasteiger partial charge in [-0.1, -0.05) is 25.1 Å². The van der Waals surface area contributed by atoms with Gasteiger partial charge in [-0.3, -0.25) is 4.79 Å². The second-order valence-electron chi connectivity index (χ2n) is 2.79. The van der Waals surface area contributed by atoms with Gasteiger partial charge in [-0.25, -0.2) is 0 Å². The molecule has 0 aliphatic carbocycles. The SMILES string of the molecule is CCN.O=C1Cc2ccccc2N1. The largest absolute Gasteiger partial charge is 0.331 e. The van der Waals surface area contributed by atoms with Crippen LogP contribution in [0, 0.1) is 0 Å². The number of para-hydroxylation sites is 1. The van der Waals surface area contributed by atoms with E-state index in [1.165, 1.54) is 0 Å². The summed E-state index contributed by atoms with van der Waals surface area (Å²) in [6, 6.07) is 7.75. The quantitative estimate of drug-likeness (QED) is 0.626. The van der Waals surface area contributed by atoms with Crippen LogP contribution in [0.4, 0.5) is 5.69 Å². The van der Waals surface area contributed by atoms with E-state index in [4.69, 9.17) is 5.73 Å². The van der Waals surface area contributed by atoms with Crippen LogP contribution in [0.1, 0.15) is 12.5 Å². The van der Waals surface area contributed by atoms with Crippen LogP contribution < -0.4 is 11.1 Å². The number of anilines is 1. The zero-order valence-electron chi connectivity index (χ0n) is 7.71. The molecule has 13 heavy (non-hydrogen) atoms. The topological polar surface area (TPSA) is 55.1 Å². The highest BCUT2D eigenvalue weighted by molar-refractivity contribution is 5.98. The maximum Gasteiger partial charge on any atom is 0.228 e. The van der Waals surface area contributed by atoms with Crippen LogP contribution >= 0.6 is 0 Å². The lowest BCUT2D eigenvalue weighted by Gasteiger charge is -1.93. The van der Waals surface area contributed by atoms with Crippen molar-refractivity contribution >= 4 is 11.6 Å². The summed E-state index contributed by atoms with van der Waals surface area (Å²) in [7, 11) is 0. The van der Waals surface area contributed by atoms with Crippen LogP contribution in [0.15, 0.2) is 24.3 Å². The van der Waals surface area contributed by atoms with Crippen molar-refractivity contribution in [2.75, 3.05) is 11.9 Å². The number of rotatable bonds is 0. The Morgan fingerprint density at radius 1 is 1.46 bits per heavy atom. The first-order valence-corrected chi connectivity index (χ1v) is 4.35. The molecule has 0 saturated heterocycles. The molecule has 0 spiro atoms. The van der Waals surface area contributed by atoms with Gasteiger partial charge >= 0.3 is 0 Å². The van der Waals surface area contributed by atoms with E-state index in [2.05, 4.69) is 5.32 Å². The first kappa shape index (κ1) is 9.74. The summed E-state index contributed by atoms with van der Waals surface area (Å²) in [5.74, 6) is 0.0983. The average Bonchev–Trinajstić information content (AvgIpc) is 2.45. The van der Waals surface area contributed by atoms with Crippen LogP contribution in [0.25, 0.3) is 0 Å². The minimum Gasteiger partial charge on any atom is -0.331 e. The number of nitrogens with two attached hydrogens (primary N) is 1. The van der Waals surface area contributed by atoms with E-state index in [1.54, 1.807) is 0 Å². The summed E-state index contributed by atoms with van der Waals surface area (Å²) in [6.45, 7) is 2.65. The standard InChI is InChI=1S/C8H7NO.C2H7N/c10-8-5-6-3-1-2-4-7(6)9-8;1-2-3/h1-4H,5H2,(H,9,10);2-3H2,1H3. The Morgan fingerprint density at radius 3 is 2.69 bits per heavy atom. The summed E-state index contributed by atoms with van der Waals surface area (Å²) in [4.78, 5) is 10.8. The highest BCUT2D eigenvalue weighted by Gasteiger charge is 2.15. The van der Waals surface area contributed by atoms with Crippen molar-refractivity contribution in [1.29, 1.82) is 0 Å². The molecule has 2 rings (SSSR count). The minimum atomic E-state index is 0.0983. The predicted octanol–water partition coefficient (Wildman–Crippen LogP) is 1.15. The molecule has 1 amide bonds. The van der Waals surface area contributed by atoms with E-state index < -0.39 is 0 Å². The van der Waals surface area contributed by atoms with E-state index in [-0.39, 0.29) is 5.91 Å². The van der Waals surface area contributed by atoms with Crippen molar-refractivity contribution in [1.82, 2.24) is 0 Å². The Balaban J connectivity index is 0.000000251. The van der Waals surface area contributed by atoms with Crippen LogP contribution in [0.3, 0.4) is 0 Å². The molecule has 0 aromatic heterocycles. The summed E-state index contributed by atoms with van der Waals surface area (Å²) in [5, 5.41) is 2.76. The van der Waals surface area contributed by atoms with Crippen LogP contribution in [-0.4, -0.2) is 12.5 Å². The Hall–Kier alpha value is -1.35. The van der Waals surface area contributed by atoms with Gasteiger partial charge in [0.2, 0.25) is 5.91 Å². The predicted molar refractivity (Wildman–Crippen MR) is 53.5 cm³/mol. The van der Waals surface area contributed by atoms with Gasteiger partial charge in [0.1, 0.15) is 0 Å². The maximum atomic E-state index is 10.8. The van der Waals surface area contributed by atoms with Gasteiger partial charge in [0.15, 0.2) is 0 Å². The summed E-state index contributed by atoms with van der Waals surface area (Å²) < 4.78 is 0. The molecular weight excluding hydrogens is 164 g/mol. The van der Waals surface area contributed by atoms with E-state index in [0.717, 1.165) is 17.8 Å². The zero-order valence-corrected chi connectivity index (χ0v) is 7.71. The molecule has 0 radical (unpaired) electrons. The molecule has 1 heterocycles. The molecule has 0 atom stereocenters. The third kappa shape index (κ3) is 2.56. The van der Waals surface area contributed by atoms with E-state index in [0.29, 0.717) is 6.42 Å². The van der Waals surface area contributed by atoms with Gasteiger partial charge in [-0.2, -0.15) is 0 Å². The second-order valence-corrected chi connectivity index (χ2v) is 2.79. The van der Waals surface area contributed by atoms with Crippen LogP contribution in [-0.2, 0) is 11.2 Å². The van der Waals surface area contributed by atoms with Crippen LogP contribution in [0.2, 0.25) is 0 Å². The number of hydrogen-bond acceptors (Lipinski definition) is 2. The molecule has 0 unspecified atom stereocenters. The Labute approximate surface area is 77.9 Å². The molecule has 3 N–H and O–H groups in total. The van der Waals surface area contributed by atoms with Gasteiger partial charge in [0.05, 0.1) is 6.42 Å². The Bertz CT molecular complexity index is 270. The van der Waals surface area contributed by atoms with Crippen LogP contribution in [0.5, 0.6) is 0 Å². The Kier molecular flexibility index (Phi) is 3.46. The number of benzene rings is 1.